The Morgan fingerprint density at radius 1 is 1.16 bits per heavy atom. The SMILES string of the molecule is CCCC#Cc1ccc2c(c1)CCN(c1ccc(N3CC[C@@H](N(C)C)C3)c(F)c1)C2=O. The van der Waals surface area contributed by atoms with Crippen LogP contribution in [0.15, 0.2) is 36.4 Å². The largest absolute Gasteiger partial charge is 0.368 e. The topological polar surface area (TPSA) is 26.8 Å². The highest BCUT2D eigenvalue weighted by Crippen LogP contribution is 2.31. The standard InChI is InChI=1S/C26H30FN3O/c1-4-5-6-7-19-8-10-23-20(16-19)12-15-30(26(23)31)21-9-11-25(24(27)17-21)29-14-13-22(18-29)28(2)3/h8-11,16-17,22H,4-5,12-15,18H2,1-3H3/t22-/m1/s1. The van der Waals surface area contributed by atoms with Crippen LogP contribution in [0.5, 0.6) is 0 Å². The fourth-order valence-corrected chi connectivity index (χ4v) is 4.40. The van der Waals surface area contributed by atoms with Gasteiger partial charge in [0, 0.05) is 48.9 Å². The van der Waals surface area contributed by atoms with Crippen LogP contribution in [0.25, 0.3) is 0 Å². The predicted molar refractivity (Wildman–Crippen MR) is 124 cm³/mol. The summed E-state index contributed by atoms with van der Waals surface area (Å²) < 4.78 is 15.0. The van der Waals surface area contributed by atoms with Gasteiger partial charge in [-0.05, 0) is 75.3 Å². The number of carbonyl (C=O) groups excluding carboxylic acids is 1. The molecule has 1 fully saturated rings. The Morgan fingerprint density at radius 3 is 2.71 bits per heavy atom. The van der Waals surface area contributed by atoms with Gasteiger partial charge in [-0.2, -0.15) is 0 Å². The number of amides is 1. The molecule has 162 valence electrons. The van der Waals surface area contributed by atoms with Crippen LogP contribution >= 0.6 is 0 Å². The number of unbranched alkanes of at least 4 members (excludes halogenated alkanes) is 1. The number of nitrogens with zero attached hydrogens (tertiary/aromatic N) is 3. The molecule has 0 radical (unpaired) electrons. The van der Waals surface area contributed by atoms with Gasteiger partial charge < -0.3 is 14.7 Å². The molecule has 0 unspecified atom stereocenters. The van der Waals surface area contributed by atoms with Crippen molar-refractivity contribution in [3.05, 3.63) is 58.9 Å². The first-order chi connectivity index (χ1) is 15.0. The van der Waals surface area contributed by atoms with E-state index in [4.69, 9.17) is 0 Å². The number of halogens is 1. The molecule has 1 amide bonds. The van der Waals surface area contributed by atoms with Gasteiger partial charge in [-0.25, -0.2) is 4.39 Å². The van der Waals surface area contributed by atoms with Gasteiger partial charge >= 0.3 is 0 Å². The molecule has 1 saturated heterocycles. The summed E-state index contributed by atoms with van der Waals surface area (Å²) in [6.45, 7) is 4.32. The molecule has 31 heavy (non-hydrogen) atoms. The van der Waals surface area contributed by atoms with E-state index < -0.39 is 0 Å². The number of hydrogen-bond donors (Lipinski definition) is 0. The maximum absolute atomic E-state index is 15.0. The molecule has 4 nitrogen and oxygen atoms in total. The summed E-state index contributed by atoms with van der Waals surface area (Å²) in [6.07, 6.45) is 3.68. The Bertz CT molecular complexity index is 1040. The van der Waals surface area contributed by atoms with Crippen molar-refractivity contribution in [1.82, 2.24) is 4.90 Å². The fourth-order valence-electron chi connectivity index (χ4n) is 4.40. The van der Waals surface area contributed by atoms with E-state index in [1.54, 1.807) is 4.90 Å². The molecule has 2 aromatic rings. The summed E-state index contributed by atoms with van der Waals surface area (Å²) in [5.74, 6) is 5.98. The molecule has 2 aliphatic rings. The van der Waals surface area contributed by atoms with Crippen molar-refractivity contribution in [3.8, 4) is 11.8 Å². The molecule has 0 aliphatic carbocycles. The van der Waals surface area contributed by atoms with Gasteiger partial charge in [0.05, 0.1) is 5.69 Å². The number of hydrogen-bond acceptors (Lipinski definition) is 3. The Labute approximate surface area is 184 Å². The summed E-state index contributed by atoms with van der Waals surface area (Å²) in [6, 6.07) is 11.4. The van der Waals surface area contributed by atoms with Crippen LogP contribution < -0.4 is 9.80 Å². The molecule has 0 bridgehead atoms. The number of fused-ring (bicyclic) bond motifs is 1. The smallest absolute Gasteiger partial charge is 0.258 e. The van der Waals surface area contributed by atoms with E-state index in [-0.39, 0.29) is 11.7 Å². The Kier molecular flexibility index (Phi) is 6.29. The van der Waals surface area contributed by atoms with Crippen LogP contribution in [-0.4, -0.2) is 50.6 Å². The van der Waals surface area contributed by atoms with E-state index in [1.807, 2.05) is 30.3 Å². The molecule has 0 N–H and O–H groups in total. The van der Waals surface area contributed by atoms with E-state index in [2.05, 4.69) is 42.7 Å². The van der Waals surface area contributed by atoms with Crippen molar-refractivity contribution in [2.75, 3.05) is 43.5 Å². The van der Waals surface area contributed by atoms with E-state index >= 15 is 4.39 Å². The van der Waals surface area contributed by atoms with Crippen LogP contribution in [0, 0.1) is 17.7 Å². The zero-order valence-corrected chi connectivity index (χ0v) is 18.6. The van der Waals surface area contributed by atoms with Crippen molar-refractivity contribution < 1.29 is 9.18 Å². The summed E-state index contributed by atoms with van der Waals surface area (Å²) in [5.41, 5.74) is 3.89. The van der Waals surface area contributed by atoms with Crippen molar-refractivity contribution in [2.45, 2.75) is 38.6 Å². The quantitative estimate of drug-likeness (QED) is 0.691. The fraction of sp³-hybridized carbons (Fsp3) is 0.423. The average Bonchev–Trinajstić information content (AvgIpc) is 3.24. The van der Waals surface area contributed by atoms with Crippen molar-refractivity contribution >= 4 is 17.3 Å². The van der Waals surface area contributed by atoms with Crippen LogP contribution in [0.2, 0.25) is 0 Å². The van der Waals surface area contributed by atoms with Gasteiger partial charge in [-0.3, -0.25) is 4.79 Å². The number of anilines is 2. The third-order valence-electron chi connectivity index (χ3n) is 6.27. The van der Waals surface area contributed by atoms with E-state index in [0.717, 1.165) is 49.9 Å². The second-order valence-corrected chi connectivity index (χ2v) is 8.62. The summed E-state index contributed by atoms with van der Waals surface area (Å²) in [5, 5.41) is 0. The molecule has 2 aliphatic heterocycles. The molecule has 2 heterocycles. The third kappa shape index (κ3) is 4.45. The normalized spacial score (nSPS) is 18.2. The molecule has 2 aromatic carbocycles. The van der Waals surface area contributed by atoms with Gasteiger partial charge in [0.2, 0.25) is 0 Å². The first kappa shape index (κ1) is 21.4. The molecule has 0 saturated carbocycles. The lowest BCUT2D eigenvalue weighted by atomic mass is 9.96. The van der Waals surface area contributed by atoms with Gasteiger partial charge in [-0.15, -0.1) is 0 Å². The maximum atomic E-state index is 15.0. The van der Waals surface area contributed by atoms with E-state index in [0.29, 0.717) is 29.5 Å². The van der Waals surface area contributed by atoms with Gasteiger partial charge in [-0.1, -0.05) is 18.8 Å². The Balaban J connectivity index is 1.52. The molecule has 0 spiro atoms. The summed E-state index contributed by atoms with van der Waals surface area (Å²) in [4.78, 5) is 19.1. The number of benzene rings is 2. The maximum Gasteiger partial charge on any atom is 0.258 e. The lowest BCUT2D eigenvalue weighted by Gasteiger charge is -2.29. The molecular formula is C26H30FN3O. The first-order valence-electron chi connectivity index (χ1n) is 11.1. The molecule has 0 aromatic heterocycles. The highest BCUT2D eigenvalue weighted by Gasteiger charge is 2.28. The number of likely N-dealkylation sites (N-methyl/N-ethyl adjacent to an activating group) is 1. The minimum Gasteiger partial charge on any atom is -0.368 e. The average molecular weight is 420 g/mol. The lowest BCUT2D eigenvalue weighted by molar-refractivity contribution is 0.0980. The van der Waals surface area contributed by atoms with Gasteiger partial charge in [0.1, 0.15) is 5.82 Å². The molecule has 5 heteroatoms. The van der Waals surface area contributed by atoms with Crippen LogP contribution in [0.3, 0.4) is 0 Å². The lowest BCUT2D eigenvalue weighted by Crippen LogP contribution is -2.37. The summed E-state index contributed by atoms with van der Waals surface area (Å²) >= 11 is 0. The molecule has 4 rings (SSSR count). The van der Waals surface area contributed by atoms with Crippen molar-refractivity contribution in [3.63, 3.8) is 0 Å². The van der Waals surface area contributed by atoms with Crippen LogP contribution in [0.4, 0.5) is 15.8 Å². The van der Waals surface area contributed by atoms with Crippen LogP contribution in [-0.2, 0) is 6.42 Å². The highest BCUT2D eigenvalue weighted by atomic mass is 19.1. The molecule has 1 atom stereocenters. The van der Waals surface area contributed by atoms with E-state index in [9.17, 15) is 4.79 Å². The summed E-state index contributed by atoms with van der Waals surface area (Å²) in [7, 11) is 4.13. The van der Waals surface area contributed by atoms with Gasteiger partial charge in [0.25, 0.3) is 5.91 Å². The van der Waals surface area contributed by atoms with Gasteiger partial charge in [0.15, 0.2) is 0 Å². The minimum absolute atomic E-state index is 0.0738. The van der Waals surface area contributed by atoms with E-state index in [1.165, 1.54) is 6.07 Å². The first-order valence-corrected chi connectivity index (χ1v) is 11.1. The Morgan fingerprint density at radius 2 is 2.00 bits per heavy atom. The zero-order valence-electron chi connectivity index (χ0n) is 18.6. The van der Waals surface area contributed by atoms with Crippen LogP contribution in [0.1, 0.15) is 47.7 Å². The Hall–Kier alpha value is -2.84. The second kappa shape index (κ2) is 9.11. The molecular weight excluding hydrogens is 389 g/mol. The highest BCUT2D eigenvalue weighted by molar-refractivity contribution is 6.08. The number of rotatable bonds is 4. The third-order valence-corrected chi connectivity index (χ3v) is 6.27. The van der Waals surface area contributed by atoms with Crippen molar-refractivity contribution in [1.29, 1.82) is 0 Å². The zero-order chi connectivity index (χ0) is 22.0. The number of carbonyl (C=O) groups is 1. The van der Waals surface area contributed by atoms with Crippen molar-refractivity contribution in [2.24, 2.45) is 0 Å². The second-order valence-electron chi connectivity index (χ2n) is 8.62. The predicted octanol–water partition coefficient (Wildman–Crippen LogP) is 4.32. The monoisotopic (exact) mass is 419 g/mol. The minimum atomic E-state index is -0.267.